The molecule has 2 aromatic rings. The molecule has 1 atom stereocenters. The second kappa shape index (κ2) is 7.81. The maximum absolute atomic E-state index is 12.9. The van der Waals surface area contributed by atoms with E-state index >= 15 is 0 Å². The minimum absolute atomic E-state index is 0.0328. The Bertz CT molecular complexity index is 802. The number of anilines is 2. The fourth-order valence-corrected chi connectivity index (χ4v) is 3.11. The standard InChI is InChI=1S/C19H21N5O3/c25-18(22-15-7-9-27-12-15)13-3-5-16(6-4-13)24(17-2-1-8-21-23-17)19(26)14-10-20-11-14/h1-6,8,14-15,20H,7,9-12H2,(H,22,25)/t15-/m0/s1. The van der Waals surface area contributed by atoms with Gasteiger partial charge in [-0.25, -0.2) is 0 Å². The zero-order chi connectivity index (χ0) is 18.6. The fraction of sp³-hybridized carbons (Fsp3) is 0.368. The van der Waals surface area contributed by atoms with Gasteiger partial charge in [0.25, 0.3) is 5.91 Å². The molecule has 0 radical (unpaired) electrons. The molecule has 8 nitrogen and oxygen atoms in total. The Morgan fingerprint density at radius 3 is 2.59 bits per heavy atom. The second-order valence-corrected chi connectivity index (χ2v) is 6.69. The minimum atomic E-state index is -0.141. The van der Waals surface area contributed by atoms with Gasteiger partial charge in [0, 0.05) is 31.5 Å². The van der Waals surface area contributed by atoms with Crippen molar-refractivity contribution in [1.29, 1.82) is 0 Å². The van der Waals surface area contributed by atoms with E-state index < -0.39 is 0 Å². The molecule has 0 aliphatic carbocycles. The first-order chi connectivity index (χ1) is 13.2. The third-order valence-electron chi connectivity index (χ3n) is 4.79. The van der Waals surface area contributed by atoms with Crippen molar-refractivity contribution >= 4 is 23.3 Å². The lowest BCUT2D eigenvalue weighted by Crippen LogP contribution is -2.51. The van der Waals surface area contributed by atoms with Crippen LogP contribution >= 0.6 is 0 Å². The van der Waals surface area contributed by atoms with Gasteiger partial charge in [0.05, 0.1) is 24.3 Å². The highest BCUT2D eigenvalue weighted by atomic mass is 16.5. The molecule has 2 N–H and O–H groups in total. The number of hydrogen-bond donors (Lipinski definition) is 2. The number of aromatic nitrogens is 2. The van der Waals surface area contributed by atoms with Gasteiger partial charge < -0.3 is 15.4 Å². The van der Waals surface area contributed by atoms with Crippen molar-refractivity contribution in [3.8, 4) is 0 Å². The molecule has 4 rings (SSSR count). The molecule has 27 heavy (non-hydrogen) atoms. The molecule has 0 unspecified atom stereocenters. The van der Waals surface area contributed by atoms with E-state index in [1.807, 2.05) is 0 Å². The largest absolute Gasteiger partial charge is 0.379 e. The predicted molar refractivity (Wildman–Crippen MR) is 98.7 cm³/mol. The molecule has 0 spiro atoms. The molecule has 1 aromatic heterocycles. The average molecular weight is 367 g/mol. The highest BCUT2D eigenvalue weighted by Gasteiger charge is 2.32. The molecular formula is C19H21N5O3. The third kappa shape index (κ3) is 3.81. The molecule has 0 saturated carbocycles. The smallest absolute Gasteiger partial charge is 0.251 e. The number of nitrogens with zero attached hydrogens (tertiary/aromatic N) is 3. The molecule has 2 aliphatic rings. The van der Waals surface area contributed by atoms with Crippen LogP contribution in [0.1, 0.15) is 16.8 Å². The zero-order valence-electron chi connectivity index (χ0n) is 14.8. The van der Waals surface area contributed by atoms with Crippen molar-refractivity contribution in [3.05, 3.63) is 48.2 Å². The first-order valence-electron chi connectivity index (χ1n) is 9.03. The van der Waals surface area contributed by atoms with Crippen LogP contribution in [0.3, 0.4) is 0 Å². The van der Waals surface area contributed by atoms with Crippen LogP contribution in [-0.2, 0) is 9.53 Å². The van der Waals surface area contributed by atoms with E-state index in [-0.39, 0.29) is 23.8 Å². The Balaban J connectivity index is 1.55. The molecular weight excluding hydrogens is 346 g/mol. The summed E-state index contributed by atoms with van der Waals surface area (Å²) in [6.07, 6.45) is 2.39. The van der Waals surface area contributed by atoms with E-state index in [1.165, 1.54) is 0 Å². The van der Waals surface area contributed by atoms with Crippen LogP contribution in [0.4, 0.5) is 11.5 Å². The van der Waals surface area contributed by atoms with Crippen LogP contribution < -0.4 is 15.5 Å². The van der Waals surface area contributed by atoms with E-state index in [9.17, 15) is 9.59 Å². The predicted octanol–water partition coefficient (Wildman–Crippen LogP) is 0.879. The molecule has 2 saturated heterocycles. The molecule has 2 aliphatic heterocycles. The van der Waals surface area contributed by atoms with Crippen molar-refractivity contribution in [1.82, 2.24) is 20.8 Å². The number of hydrogen-bond acceptors (Lipinski definition) is 6. The quantitative estimate of drug-likeness (QED) is 0.814. The van der Waals surface area contributed by atoms with Crippen molar-refractivity contribution in [3.63, 3.8) is 0 Å². The lowest BCUT2D eigenvalue weighted by Gasteiger charge is -2.31. The van der Waals surface area contributed by atoms with Crippen molar-refractivity contribution in [2.45, 2.75) is 12.5 Å². The lowest BCUT2D eigenvalue weighted by molar-refractivity contribution is -0.123. The maximum Gasteiger partial charge on any atom is 0.251 e. The Kier molecular flexibility index (Phi) is 5.08. The van der Waals surface area contributed by atoms with Crippen LogP contribution in [-0.4, -0.2) is 54.4 Å². The van der Waals surface area contributed by atoms with Crippen LogP contribution in [0, 0.1) is 5.92 Å². The van der Waals surface area contributed by atoms with Crippen LogP contribution in [0.25, 0.3) is 0 Å². The van der Waals surface area contributed by atoms with Crippen molar-refractivity contribution in [2.24, 2.45) is 5.92 Å². The molecule has 2 fully saturated rings. The van der Waals surface area contributed by atoms with E-state index in [4.69, 9.17) is 4.74 Å². The van der Waals surface area contributed by atoms with Gasteiger partial charge in [-0.05, 0) is 42.8 Å². The summed E-state index contributed by atoms with van der Waals surface area (Å²) in [4.78, 5) is 26.8. The third-order valence-corrected chi connectivity index (χ3v) is 4.79. The van der Waals surface area contributed by atoms with Gasteiger partial charge in [-0.2, -0.15) is 5.10 Å². The summed E-state index contributed by atoms with van der Waals surface area (Å²) in [6, 6.07) is 10.5. The van der Waals surface area contributed by atoms with Gasteiger partial charge in [-0.3, -0.25) is 14.5 Å². The highest BCUT2D eigenvalue weighted by Crippen LogP contribution is 2.26. The van der Waals surface area contributed by atoms with Gasteiger partial charge in [0.2, 0.25) is 5.91 Å². The number of benzene rings is 1. The summed E-state index contributed by atoms with van der Waals surface area (Å²) in [5.41, 5.74) is 1.20. The first-order valence-corrected chi connectivity index (χ1v) is 9.03. The fourth-order valence-electron chi connectivity index (χ4n) is 3.11. The topological polar surface area (TPSA) is 96.5 Å². The SMILES string of the molecule is O=C(N[C@H]1CCOC1)c1ccc(N(C(=O)C2CNC2)c2cccnn2)cc1. The number of ether oxygens (including phenoxy) is 1. The molecule has 140 valence electrons. The first kappa shape index (κ1) is 17.6. The summed E-state index contributed by atoms with van der Waals surface area (Å²) < 4.78 is 5.28. The number of rotatable bonds is 5. The number of carbonyl (C=O) groups excluding carboxylic acids is 2. The van der Waals surface area contributed by atoms with E-state index in [2.05, 4.69) is 20.8 Å². The Hall–Kier alpha value is -2.84. The summed E-state index contributed by atoms with van der Waals surface area (Å²) in [5.74, 6) is 0.208. The van der Waals surface area contributed by atoms with E-state index in [1.54, 1.807) is 47.5 Å². The summed E-state index contributed by atoms with van der Waals surface area (Å²) >= 11 is 0. The Labute approximate surface area is 156 Å². The summed E-state index contributed by atoms with van der Waals surface area (Å²) in [6.45, 7) is 2.53. The molecule has 2 amide bonds. The van der Waals surface area contributed by atoms with Gasteiger partial charge in [0.15, 0.2) is 5.82 Å². The van der Waals surface area contributed by atoms with Crippen LogP contribution in [0.15, 0.2) is 42.6 Å². The van der Waals surface area contributed by atoms with Crippen LogP contribution in [0.2, 0.25) is 0 Å². The number of amides is 2. The number of carbonyl (C=O) groups is 2. The highest BCUT2D eigenvalue weighted by molar-refractivity contribution is 6.02. The van der Waals surface area contributed by atoms with Crippen molar-refractivity contribution < 1.29 is 14.3 Å². The van der Waals surface area contributed by atoms with Gasteiger partial charge in [-0.1, -0.05) is 0 Å². The van der Waals surface area contributed by atoms with Gasteiger partial charge in [0.1, 0.15) is 0 Å². The van der Waals surface area contributed by atoms with Gasteiger partial charge in [-0.15, -0.1) is 5.10 Å². The van der Waals surface area contributed by atoms with E-state index in [0.29, 0.717) is 43.4 Å². The maximum atomic E-state index is 12.9. The zero-order valence-corrected chi connectivity index (χ0v) is 14.8. The molecule has 1 aromatic carbocycles. The Morgan fingerprint density at radius 1 is 1.19 bits per heavy atom. The average Bonchev–Trinajstić information content (AvgIpc) is 3.15. The van der Waals surface area contributed by atoms with Crippen LogP contribution in [0.5, 0.6) is 0 Å². The van der Waals surface area contributed by atoms with Gasteiger partial charge >= 0.3 is 0 Å². The van der Waals surface area contributed by atoms with E-state index in [0.717, 1.165) is 6.42 Å². The summed E-state index contributed by atoms with van der Waals surface area (Å²) in [7, 11) is 0. The molecule has 8 heteroatoms. The monoisotopic (exact) mass is 367 g/mol. The minimum Gasteiger partial charge on any atom is -0.379 e. The normalized spacial score (nSPS) is 19.3. The number of nitrogens with one attached hydrogen (secondary N) is 2. The van der Waals surface area contributed by atoms with Crippen molar-refractivity contribution in [2.75, 3.05) is 31.2 Å². The Morgan fingerprint density at radius 2 is 2.00 bits per heavy atom. The summed E-state index contributed by atoms with van der Waals surface area (Å²) in [5, 5.41) is 14.0. The second-order valence-electron chi connectivity index (χ2n) is 6.69. The molecule has 0 bridgehead atoms. The molecule has 3 heterocycles. The lowest BCUT2D eigenvalue weighted by atomic mass is 10.0.